The third-order valence-electron chi connectivity index (χ3n) is 3.21. The van der Waals surface area contributed by atoms with E-state index in [1.807, 2.05) is 0 Å². The highest BCUT2D eigenvalue weighted by Crippen LogP contribution is 2.27. The number of ether oxygens (including phenoxy) is 2. The van der Waals surface area contributed by atoms with Crippen molar-refractivity contribution in [3.8, 4) is 0 Å². The maximum absolute atomic E-state index is 5.49. The first-order chi connectivity index (χ1) is 5.51. The SMILES string of the molecule is BC(OC)C(C)[C@](C)(CC)OC. The minimum atomic E-state index is -0.0601. The molecule has 0 radical (unpaired) electrons. The zero-order valence-corrected chi connectivity index (χ0v) is 9.18. The van der Waals surface area contributed by atoms with Gasteiger partial charge in [-0.3, -0.25) is 0 Å². The van der Waals surface area contributed by atoms with Gasteiger partial charge >= 0.3 is 0 Å². The van der Waals surface area contributed by atoms with Gasteiger partial charge in [0.05, 0.1) is 5.60 Å². The van der Waals surface area contributed by atoms with E-state index in [0.717, 1.165) is 6.42 Å². The summed E-state index contributed by atoms with van der Waals surface area (Å²) in [5, 5.41) is 0. The highest BCUT2D eigenvalue weighted by Gasteiger charge is 2.32. The van der Waals surface area contributed by atoms with Crippen molar-refractivity contribution in [2.24, 2.45) is 5.92 Å². The summed E-state index contributed by atoms with van der Waals surface area (Å²) in [6.45, 7) is 6.44. The Morgan fingerprint density at radius 2 is 1.92 bits per heavy atom. The molecule has 0 rings (SSSR count). The van der Waals surface area contributed by atoms with Gasteiger partial charge in [0.1, 0.15) is 7.85 Å². The van der Waals surface area contributed by atoms with Gasteiger partial charge in [0, 0.05) is 26.1 Å². The third-order valence-corrected chi connectivity index (χ3v) is 3.21. The lowest BCUT2D eigenvalue weighted by molar-refractivity contribution is -0.0719. The lowest BCUT2D eigenvalue weighted by Crippen LogP contribution is -2.42. The number of hydrogen-bond acceptors (Lipinski definition) is 2. The molecule has 0 saturated heterocycles. The third kappa shape index (κ3) is 2.49. The number of rotatable bonds is 5. The summed E-state index contributed by atoms with van der Waals surface area (Å²) < 4.78 is 10.8. The molecular formula is C9H21BO2. The second-order valence-corrected chi connectivity index (χ2v) is 3.60. The molecule has 2 unspecified atom stereocenters. The van der Waals surface area contributed by atoms with Gasteiger partial charge in [0.2, 0.25) is 0 Å². The van der Waals surface area contributed by atoms with E-state index < -0.39 is 0 Å². The average molecular weight is 172 g/mol. The summed E-state index contributed by atoms with van der Waals surface area (Å²) in [5.74, 6) is 0.414. The van der Waals surface area contributed by atoms with Crippen LogP contribution in [-0.2, 0) is 9.47 Å². The van der Waals surface area contributed by atoms with Crippen molar-refractivity contribution in [2.75, 3.05) is 14.2 Å². The molecule has 12 heavy (non-hydrogen) atoms. The monoisotopic (exact) mass is 172 g/mol. The van der Waals surface area contributed by atoms with Gasteiger partial charge < -0.3 is 9.47 Å². The molecular weight excluding hydrogens is 151 g/mol. The quantitative estimate of drug-likeness (QED) is 0.577. The van der Waals surface area contributed by atoms with Crippen LogP contribution in [0.5, 0.6) is 0 Å². The molecule has 2 nitrogen and oxygen atoms in total. The summed E-state index contributed by atoms with van der Waals surface area (Å²) in [6, 6.07) is 0.245. The maximum atomic E-state index is 5.49. The Kier molecular flexibility index (Phi) is 4.87. The second kappa shape index (κ2) is 4.88. The van der Waals surface area contributed by atoms with Gasteiger partial charge in [0.15, 0.2) is 0 Å². The molecule has 0 fully saturated rings. The van der Waals surface area contributed by atoms with Gasteiger partial charge in [-0.25, -0.2) is 0 Å². The highest BCUT2D eigenvalue weighted by molar-refractivity contribution is 6.11. The topological polar surface area (TPSA) is 18.5 Å². The zero-order chi connectivity index (χ0) is 9.78. The van der Waals surface area contributed by atoms with E-state index in [4.69, 9.17) is 9.47 Å². The Morgan fingerprint density at radius 1 is 1.42 bits per heavy atom. The van der Waals surface area contributed by atoms with Crippen LogP contribution in [-0.4, -0.2) is 33.7 Å². The van der Waals surface area contributed by atoms with Crippen molar-refractivity contribution in [3.63, 3.8) is 0 Å². The Hall–Kier alpha value is -0.0151. The van der Waals surface area contributed by atoms with Crippen LogP contribution in [0, 0.1) is 5.92 Å². The Labute approximate surface area is 77.0 Å². The summed E-state index contributed by atoms with van der Waals surface area (Å²) in [5.41, 5.74) is -0.0601. The summed E-state index contributed by atoms with van der Waals surface area (Å²) in [7, 11) is 5.59. The highest BCUT2D eigenvalue weighted by atomic mass is 16.5. The van der Waals surface area contributed by atoms with E-state index in [9.17, 15) is 0 Å². The van der Waals surface area contributed by atoms with Crippen LogP contribution in [0.3, 0.4) is 0 Å². The lowest BCUT2D eigenvalue weighted by Gasteiger charge is -2.36. The van der Waals surface area contributed by atoms with Crippen LogP contribution >= 0.6 is 0 Å². The molecule has 3 heteroatoms. The van der Waals surface area contributed by atoms with Gasteiger partial charge in [0.25, 0.3) is 0 Å². The first kappa shape index (κ1) is 12.0. The molecule has 0 heterocycles. The van der Waals surface area contributed by atoms with Crippen molar-refractivity contribution in [1.82, 2.24) is 0 Å². The van der Waals surface area contributed by atoms with Gasteiger partial charge in [-0.2, -0.15) is 0 Å². The Bertz CT molecular complexity index is 124. The number of hydrogen-bond donors (Lipinski definition) is 0. The molecule has 0 bridgehead atoms. The van der Waals surface area contributed by atoms with Gasteiger partial charge in [-0.1, -0.05) is 13.8 Å². The fraction of sp³-hybridized carbons (Fsp3) is 1.00. The van der Waals surface area contributed by atoms with Crippen LogP contribution in [0.1, 0.15) is 27.2 Å². The van der Waals surface area contributed by atoms with Gasteiger partial charge in [-0.15, -0.1) is 0 Å². The van der Waals surface area contributed by atoms with Crippen molar-refractivity contribution in [3.05, 3.63) is 0 Å². The average Bonchev–Trinajstić information content (AvgIpc) is 2.14. The zero-order valence-electron chi connectivity index (χ0n) is 9.18. The molecule has 0 aromatic rings. The molecule has 0 N–H and O–H groups in total. The molecule has 0 spiro atoms. The summed E-state index contributed by atoms with van der Waals surface area (Å²) in [4.78, 5) is 0. The largest absolute Gasteiger partial charge is 0.390 e. The van der Waals surface area contributed by atoms with E-state index in [1.54, 1.807) is 14.2 Å². The van der Waals surface area contributed by atoms with E-state index in [1.165, 1.54) is 0 Å². The van der Waals surface area contributed by atoms with E-state index in [0.29, 0.717) is 5.92 Å². The molecule has 0 aliphatic rings. The van der Waals surface area contributed by atoms with Crippen LogP contribution < -0.4 is 0 Å². The van der Waals surface area contributed by atoms with Crippen LogP contribution in [0.15, 0.2) is 0 Å². The van der Waals surface area contributed by atoms with E-state index >= 15 is 0 Å². The Morgan fingerprint density at radius 3 is 2.17 bits per heavy atom. The lowest BCUT2D eigenvalue weighted by atomic mass is 9.76. The number of methoxy groups -OCH3 is 2. The molecule has 3 atom stereocenters. The molecule has 0 aliphatic heterocycles. The maximum Gasteiger partial charge on any atom is 0.139 e. The van der Waals surface area contributed by atoms with E-state index in [2.05, 4.69) is 28.6 Å². The van der Waals surface area contributed by atoms with Crippen molar-refractivity contribution in [2.45, 2.75) is 38.8 Å². The smallest absolute Gasteiger partial charge is 0.139 e. The van der Waals surface area contributed by atoms with Crippen molar-refractivity contribution >= 4 is 7.85 Å². The summed E-state index contributed by atoms with van der Waals surface area (Å²) >= 11 is 0. The van der Waals surface area contributed by atoms with Crippen molar-refractivity contribution < 1.29 is 9.47 Å². The second-order valence-electron chi connectivity index (χ2n) is 3.60. The minimum Gasteiger partial charge on any atom is -0.390 e. The molecule has 0 amide bonds. The fourth-order valence-corrected chi connectivity index (χ4v) is 1.35. The normalized spacial score (nSPS) is 21.4. The molecule has 0 aromatic heterocycles. The fourth-order valence-electron chi connectivity index (χ4n) is 1.35. The van der Waals surface area contributed by atoms with Crippen LogP contribution in [0.25, 0.3) is 0 Å². The molecule has 0 aromatic carbocycles. The predicted octanol–water partition coefficient (Wildman–Crippen LogP) is 1.04. The summed E-state index contributed by atoms with van der Waals surface area (Å²) in [6.07, 6.45) is 1.01. The van der Waals surface area contributed by atoms with Crippen LogP contribution in [0.2, 0.25) is 0 Å². The first-order valence-corrected chi connectivity index (χ1v) is 4.59. The van der Waals surface area contributed by atoms with Crippen LogP contribution in [0.4, 0.5) is 0 Å². The molecule has 0 aliphatic carbocycles. The predicted molar refractivity (Wildman–Crippen MR) is 54.2 cm³/mol. The van der Waals surface area contributed by atoms with Crippen molar-refractivity contribution in [1.29, 1.82) is 0 Å². The molecule has 0 saturated carbocycles. The standard InChI is InChI=1S/C9H21BO2/c1-6-9(3,12-5)7(2)8(10)11-4/h7-8H,6,10H2,1-5H3/t7?,8?,9-/m0/s1. The van der Waals surface area contributed by atoms with Gasteiger partial charge in [-0.05, 0) is 13.3 Å². The Balaban J connectivity index is 4.29. The molecule has 72 valence electrons. The van der Waals surface area contributed by atoms with E-state index in [-0.39, 0.29) is 11.6 Å². The minimum absolute atomic E-state index is 0.0601. The first-order valence-electron chi connectivity index (χ1n) is 4.59.